The zero-order valence-corrected chi connectivity index (χ0v) is 11.6. The van der Waals surface area contributed by atoms with Gasteiger partial charge < -0.3 is 4.79 Å². The molecular weight excluding hydrogens is 248 g/mol. The number of carbonyl (C=O) groups excluding carboxylic acids is 2. The van der Waals surface area contributed by atoms with Crippen LogP contribution in [0.25, 0.3) is 0 Å². The molecule has 0 aliphatic carbocycles. The second-order valence-electron chi connectivity index (χ2n) is 4.92. The molecule has 0 radical (unpaired) electrons. The summed E-state index contributed by atoms with van der Waals surface area (Å²) in [5, 5.41) is 0. The molecule has 1 atom stereocenters. The summed E-state index contributed by atoms with van der Waals surface area (Å²) < 4.78 is 0. The molecule has 0 amide bonds. The number of rotatable bonds is 6. The lowest BCUT2D eigenvalue weighted by Crippen LogP contribution is -2.08. The monoisotopic (exact) mass is 266 g/mol. The average Bonchev–Trinajstić information content (AvgIpc) is 2.52. The maximum absolute atomic E-state index is 12.3. The first kappa shape index (κ1) is 14.2. The summed E-state index contributed by atoms with van der Waals surface area (Å²) in [6, 6.07) is 17.3. The SMILES string of the molecule is CC(C=O)c1ccccc1C(=O)CCc1ccccc1. The number of Topliss-reactive ketones (excluding diaryl/α,β-unsaturated/α-hetero) is 1. The van der Waals surface area contributed by atoms with Crippen molar-refractivity contribution >= 4 is 12.1 Å². The predicted molar refractivity (Wildman–Crippen MR) is 80.0 cm³/mol. The van der Waals surface area contributed by atoms with E-state index in [1.807, 2.05) is 61.5 Å². The van der Waals surface area contributed by atoms with Crippen molar-refractivity contribution in [3.63, 3.8) is 0 Å². The third-order valence-corrected chi connectivity index (χ3v) is 3.44. The molecule has 0 aromatic heterocycles. The molecule has 2 aromatic rings. The van der Waals surface area contributed by atoms with Crippen molar-refractivity contribution in [2.75, 3.05) is 0 Å². The second kappa shape index (κ2) is 6.80. The highest BCUT2D eigenvalue weighted by Crippen LogP contribution is 2.20. The molecular formula is C18H18O2. The number of aldehydes is 1. The summed E-state index contributed by atoms with van der Waals surface area (Å²) in [6.45, 7) is 1.82. The van der Waals surface area contributed by atoms with Crippen LogP contribution >= 0.6 is 0 Å². The quantitative estimate of drug-likeness (QED) is 0.588. The molecule has 0 saturated heterocycles. The Hall–Kier alpha value is -2.22. The van der Waals surface area contributed by atoms with E-state index in [4.69, 9.17) is 0 Å². The lowest BCUT2D eigenvalue weighted by atomic mass is 9.92. The van der Waals surface area contributed by atoms with E-state index in [0.29, 0.717) is 12.0 Å². The molecule has 0 aliphatic rings. The van der Waals surface area contributed by atoms with E-state index in [2.05, 4.69) is 0 Å². The maximum atomic E-state index is 12.3. The van der Waals surface area contributed by atoms with Gasteiger partial charge in [-0.05, 0) is 17.5 Å². The molecule has 20 heavy (non-hydrogen) atoms. The van der Waals surface area contributed by atoms with Gasteiger partial charge in [0.05, 0.1) is 0 Å². The molecule has 2 heteroatoms. The van der Waals surface area contributed by atoms with Crippen molar-refractivity contribution in [2.24, 2.45) is 0 Å². The van der Waals surface area contributed by atoms with Crippen LogP contribution in [0.5, 0.6) is 0 Å². The fourth-order valence-corrected chi connectivity index (χ4v) is 2.26. The average molecular weight is 266 g/mol. The zero-order valence-electron chi connectivity index (χ0n) is 11.6. The van der Waals surface area contributed by atoms with Gasteiger partial charge in [0.15, 0.2) is 5.78 Å². The minimum absolute atomic E-state index is 0.0955. The highest BCUT2D eigenvalue weighted by Gasteiger charge is 2.14. The van der Waals surface area contributed by atoms with E-state index in [1.54, 1.807) is 0 Å². The smallest absolute Gasteiger partial charge is 0.163 e. The highest BCUT2D eigenvalue weighted by molar-refractivity contribution is 5.98. The predicted octanol–water partition coefficient (Wildman–Crippen LogP) is 3.80. The minimum atomic E-state index is -0.244. The van der Waals surface area contributed by atoms with E-state index in [-0.39, 0.29) is 11.7 Å². The van der Waals surface area contributed by atoms with Crippen LogP contribution in [0.4, 0.5) is 0 Å². The summed E-state index contributed by atoms with van der Waals surface area (Å²) in [7, 11) is 0. The van der Waals surface area contributed by atoms with Gasteiger partial charge in [-0.2, -0.15) is 0 Å². The van der Waals surface area contributed by atoms with Gasteiger partial charge in [-0.3, -0.25) is 4.79 Å². The van der Waals surface area contributed by atoms with E-state index in [1.165, 1.54) is 0 Å². The van der Waals surface area contributed by atoms with Crippen molar-refractivity contribution in [1.82, 2.24) is 0 Å². The highest BCUT2D eigenvalue weighted by atomic mass is 16.1. The summed E-state index contributed by atoms with van der Waals surface area (Å²) >= 11 is 0. The standard InChI is InChI=1S/C18H18O2/c1-14(13-19)16-9-5-6-10-17(16)18(20)12-11-15-7-3-2-4-8-15/h2-10,13-14H,11-12H2,1H3. The van der Waals surface area contributed by atoms with Gasteiger partial charge in [0.25, 0.3) is 0 Å². The van der Waals surface area contributed by atoms with Crippen LogP contribution in [0.15, 0.2) is 54.6 Å². The summed E-state index contributed by atoms with van der Waals surface area (Å²) in [5.74, 6) is -0.148. The number of ketones is 1. The largest absolute Gasteiger partial charge is 0.303 e. The Morgan fingerprint density at radius 1 is 1.05 bits per heavy atom. The Kier molecular flexibility index (Phi) is 4.83. The number of benzene rings is 2. The Labute approximate surface area is 119 Å². The van der Waals surface area contributed by atoms with Crippen LogP contribution in [0.1, 0.15) is 40.7 Å². The van der Waals surface area contributed by atoms with Crippen molar-refractivity contribution in [1.29, 1.82) is 0 Å². The van der Waals surface area contributed by atoms with E-state index in [0.717, 1.165) is 23.8 Å². The molecule has 0 bridgehead atoms. The Morgan fingerprint density at radius 2 is 1.70 bits per heavy atom. The van der Waals surface area contributed by atoms with Gasteiger partial charge in [0, 0.05) is 17.9 Å². The van der Waals surface area contributed by atoms with E-state index >= 15 is 0 Å². The summed E-state index contributed by atoms with van der Waals surface area (Å²) in [4.78, 5) is 23.3. The van der Waals surface area contributed by atoms with E-state index in [9.17, 15) is 9.59 Å². The summed E-state index contributed by atoms with van der Waals surface area (Å²) in [5.41, 5.74) is 2.64. The second-order valence-corrected chi connectivity index (χ2v) is 4.92. The van der Waals surface area contributed by atoms with Gasteiger partial charge in [0.1, 0.15) is 6.29 Å². The lowest BCUT2D eigenvalue weighted by molar-refractivity contribution is -0.108. The number of hydrogen-bond donors (Lipinski definition) is 0. The van der Waals surface area contributed by atoms with Gasteiger partial charge in [0.2, 0.25) is 0 Å². The third kappa shape index (κ3) is 3.41. The topological polar surface area (TPSA) is 34.1 Å². The normalized spacial score (nSPS) is 11.8. The Bertz CT molecular complexity index is 587. The number of hydrogen-bond acceptors (Lipinski definition) is 2. The molecule has 0 aliphatic heterocycles. The molecule has 0 saturated carbocycles. The van der Waals surface area contributed by atoms with Crippen molar-refractivity contribution < 1.29 is 9.59 Å². The van der Waals surface area contributed by atoms with Crippen LogP contribution in [-0.4, -0.2) is 12.1 Å². The minimum Gasteiger partial charge on any atom is -0.303 e. The van der Waals surface area contributed by atoms with Gasteiger partial charge in [-0.1, -0.05) is 61.5 Å². The molecule has 102 valence electrons. The molecule has 1 unspecified atom stereocenters. The third-order valence-electron chi connectivity index (χ3n) is 3.44. The molecule has 2 rings (SSSR count). The lowest BCUT2D eigenvalue weighted by Gasteiger charge is -2.10. The molecule has 2 aromatic carbocycles. The van der Waals surface area contributed by atoms with Crippen LogP contribution < -0.4 is 0 Å². The van der Waals surface area contributed by atoms with Gasteiger partial charge in [-0.15, -0.1) is 0 Å². The van der Waals surface area contributed by atoms with Crippen molar-refractivity contribution in [2.45, 2.75) is 25.7 Å². The summed E-state index contributed by atoms with van der Waals surface area (Å²) in [6.07, 6.45) is 2.07. The fourth-order valence-electron chi connectivity index (χ4n) is 2.26. The van der Waals surface area contributed by atoms with Crippen molar-refractivity contribution in [3.8, 4) is 0 Å². The first-order valence-corrected chi connectivity index (χ1v) is 6.83. The Morgan fingerprint density at radius 3 is 2.40 bits per heavy atom. The fraction of sp³-hybridized carbons (Fsp3) is 0.222. The van der Waals surface area contributed by atoms with Crippen LogP contribution in [0.2, 0.25) is 0 Å². The molecule has 0 spiro atoms. The van der Waals surface area contributed by atoms with Crippen molar-refractivity contribution in [3.05, 3.63) is 71.3 Å². The number of aryl methyl sites for hydroxylation is 1. The zero-order chi connectivity index (χ0) is 14.4. The van der Waals surface area contributed by atoms with Crippen LogP contribution in [0.3, 0.4) is 0 Å². The maximum Gasteiger partial charge on any atom is 0.163 e. The van der Waals surface area contributed by atoms with E-state index < -0.39 is 0 Å². The first-order chi connectivity index (χ1) is 9.72. The molecule has 0 heterocycles. The van der Waals surface area contributed by atoms with Crippen LogP contribution in [-0.2, 0) is 11.2 Å². The van der Waals surface area contributed by atoms with Crippen LogP contribution in [0, 0.1) is 0 Å². The Balaban J connectivity index is 2.11. The number of carbonyl (C=O) groups is 2. The molecule has 2 nitrogen and oxygen atoms in total. The molecule has 0 N–H and O–H groups in total. The van der Waals surface area contributed by atoms with Gasteiger partial charge >= 0.3 is 0 Å². The molecule has 0 fully saturated rings. The van der Waals surface area contributed by atoms with Gasteiger partial charge in [-0.25, -0.2) is 0 Å². The first-order valence-electron chi connectivity index (χ1n) is 6.83.